The van der Waals surface area contributed by atoms with Gasteiger partial charge in [-0.25, -0.2) is 0 Å². The molecule has 3 rings (SSSR count). The Balaban J connectivity index is 1.49. The summed E-state index contributed by atoms with van der Waals surface area (Å²) < 4.78 is 1.84. The van der Waals surface area contributed by atoms with Gasteiger partial charge in [0.05, 0.1) is 12.2 Å². The number of hydrogen-bond donors (Lipinski definition) is 1. The standard InChI is InChI=1S/C17H20N4O/c22-17(14-6-2-1-3-7-14)19-11-13-21-12-9-16(20-21)15-8-4-5-10-18-15/h1-2,4-5,8-10,12,14H,3,6-7,11,13H2,(H,19,22)/t14-/m0/s1. The van der Waals surface area contributed by atoms with Gasteiger partial charge in [-0.05, 0) is 37.5 Å². The van der Waals surface area contributed by atoms with E-state index in [0.717, 1.165) is 30.7 Å². The highest BCUT2D eigenvalue weighted by Gasteiger charge is 2.17. The molecule has 22 heavy (non-hydrogen) atoms. The van der Waals surface area contributed by atoms with Crippen molar-refractivity contribution in [3.63, 3.8) is 0 Å². The molecule has 0 saturated heterocycles. The molecule has 0 unspecified atom stereocenters. The molecule has 5 nitrogen and oxygen atoms in total. The van der Waals surface area contributed by atoms with Crippen LogP contribution in [-0.2, 0) is 11.3 Å². The van der Waals surface area contributed by atoms with Crippen molar-refractivity contribution in [2.24, 2.45) is 5.92 Å². The lowest BCUT2D eigenvalue weighted by atomic mass is 9.94. The summed E-state index contributed by atoms with van der Waals surface area (Å²) in [5, 5.41) is 7.48. The van der Waals surface area contributed by atoms with E-state index in [1.807, 2.05) is 35.1 Å². The van der Waals surface area contributed by atoms with Gasteiger partial charge in [0.25, 0.3) is 0 Å². The van der Waals surface area contributed by atoms with Crippen LogP contribution in [0.2, 0.25) is 0 Å². The maximum absolute atomic E-state index is 12.0. The van der Waals surface area contributed by atoms with Crippen LogP contribution in [0, 0.1) is 5.92 Å². The van der Waals surface area contributed by atoms with E-state index in [2.05, 4.69) is 27.6 Å². The predicted molar refractivity (Wildman–Crippen MR) is 84.9 cm³/mol. The maximum Gasteiger partial charge on any atom is 0.223 e. The minimum atomic E-state index is 0.131. The molecule has 1 atom stereocenters. The van der Waals surface area contributed by atoms with Gasteiger partial charge in [-0.1, -0.05) is 18.2 Å². The van der Waals surface area contributed by atoms with Crippen molar-refractivity contribution in [2.45, 2.75) is 25.8 Å². The Morgan fingerprint density at radius 1 is 1.27 bits per heavy atom. The SMILES string of the molecule is O=C(NCCn1ccc(-c2ccccn2)n1)[C@H]1CC=CCC1. The highest BCUT2D eigenvalue weighted by molar-refractivity contribution is 5.78. The van der Waals surface area contributed by atoms with Crippen LogP contribution in [0.15, 0.2) is 48.8 Å². The minimum Gasteiger partial charge on any atom is -0.354 e. The van der Waals surface area contributed by atoms with Crippen molar-refractivity contribution < 1.29 is 4.79 Å². The van der Waals surface area contributed by atoms with Gasteiger partial charge in [0, 0.05) is 24.9 Å². The zero-order chi connectivity index (χ0) is 15.2. The van der Waals surface area contributed by atoms with Gasteiger partial charge in [0.1, 0.15) is 5.69 Å². The lowest BCUT2D eigenvalue weighted by Gasteiger charge is -2.17. The minimum absolute atomic E-state index is 0.131. The first-order valence-corrected chi connectivity index (χ1v) is 7.70. The van der Waals surface area contributed by atoms with E-state index >= 15 is 0 Å². The number of pyridine rings is 1. The summed E-state index contributed by atoms with van der Waals surface area (Å²) in [4.78, 5) is 16.3. The predicted octanol–water partition coefficient (Wildman–Crippen LogP) is 2.42. The third kappa shape index (κ3) is 3.61. The molecular weight excluding hydrogens is 276 g/mol. The Morgan fingerprint density at radius 3 is 3.00 bits per heavy atom. The second-order valence-electron chi connectivity index (χ2n) is 5.45. The van der Waals surface area contributed by atoms with E-state index in [9.17, 15) is 4.79 Å². The van der Waals surface area contributed by atoms with Gasteiger partial charge in [-0.15, -0.1) is 0 Å². The van der Waals surface area contributed by atoms with Gasteiger partial charge in [-0.2, -0.15) is 5.10 Å². The molecule has 0 bridgehead atoms. The van der Waals surface area contributed by atoms with Crippen molar-refractivity contribution in [3.8, 4) is 11.4 Å². The number of carbonyl (C=O) groups excluding carboxylic acids is 1. The number of amides is 1. The molecule has 2 heterocycles. The fourth-order valence-corrected chi connectivity index (χ4v) is 2.61. The summed E-state index contributed by atoms with van der Waals surface area (Å²) in [5.41, 5.74) is 1.71. The fourth-order valence-electron chi connectivity index (χ4n) is 2.61. The van der Waals surface area contributed by atoms with Gasteiger partial charge in [0.15, 0.2) is 0 Å². The molecule has 0 aliphatic heterocycles. The quantitative estimate of drug-likeness (QED) is 0.862. The Hall–Kier alpha value is -2.43. The van der Waals surface area contributed by atoms with Crippen molar-refractivity contribution >= 4 is 5.91 Å². The molecule has 1 aliphatic rings. The van der Waals surface area contributed by atoms with Gasteiger partial charge in [0.2, 0.25) is 5.91 Å². The molecule has 1 N–H and O–H groups in total. The molecule has 1 aliphatic carbocycles. The topological polar surface area (TPSA) is 59.8 Å². The molecule has 0 saturated carbocycles. The summed E-state index contributed by atoms with van der Waals surface area (Å²) in [6, 6.07) is 7.71. The van der Waals surface area contributed by atoms with Crippen LogP contribution >= 0.6 is 0 Å². The summed E-state index contributed by atoms with van der Waals surface area (Å²) >= 11 is 0. The van der Waals surface area contributed by atoms with E-state index in [4.69, 9.17) is 0 Å². The molecule has 0 radical (unpaired) electrons. The van der Waals surface area contributed by atoms with Crippen LogP contribution in [0.4, 0.5) is 0 Å². The van der Waals surface area contributed by atoms with E-state index < -0.39 is 0 Å². The molecule has 2 aromatic rings. The third-order valence-corrected chi connectivity index (χ3v) is 3.85. The summed E-state index contributed by atoms with van der Waals surface area (Å²) in [7, 11) is 0. The zero-order valence-electron chi connectivity index (χ0n) is 12.5. The molecule has 2 aromatic heterocycles. The van der Waals surface area contributed by atoms with Gasteiger partial charge in [-0.3, -0.25) is 14.5 Å². The molecule has 114 valence electrons. The molecule has 0 fully saturated rings. The van der Waals surface area contributed by atoms with Crippen LogP contribution in [0.25, 0.3) is 11.4 Å². The number of rotatable bonds is 5. The number of nitrogens with one attached hydrogen (secondary N) is 1. The average Bonchev–Trinajstić information content (AvgIpc) is 3.05. The number of nitrogens with zero attached hydrogens (tertiary/aromatic N) is 3. The second kappa shape index (κ2) is 7.02. The normalized spacial score (nSPS) is 17.4. The maximum atomic E-state index is 12.0. The lowest BCUT2D eigenvalue weighted by Crippen LogP contribution is -2.33. The Kier molecular flexibility index (Phi) is 4.63. The van der Waals surface area contributed by atoms with Crippen LogP contribution in [-0.4, -0.2) is 27.2 Å². The number of carbonyl (C=O) groups is 1. The van der Waals surface area contributed by atoms with E-state index in [0.29, 0.717) is 13.1 Å². The Morgan fingerprint density at radius 2 is 2.23 bits per heavy atom. The van der Waals surface area contributed by atoms with E-state index in [1.165, 1.54) is 0 Å². The average molecular weight is 296 g/mol. The largest absolute Gasteiger partial charge is 0.354 e. The Bertz CT molecular complexity index is 648. The monoisotopic (exact) mass is 296 g/mol. The van der Waals surface area contributed by atoms with Crippen LogP contribution < -0.4 is 5.32 Å². The zero-order valence-corrected chi connectivity index (χ0v) is 12.5. The van der Waals surface area contributed by atoms with Gasteiger partial charge >= 0.3 is 0 Å². The Labute approximate surface area is 130 Å². The van der Waals surface area contributed by atoms with Crippen LogP contribution in [0.3, 0.4) is 0 Å². The third-order valence-electron chi connectivity index (χ3n) is 3.85. The van der Waals surface area contributed by atoms with Crippen molar-refractivity contribution in [1.29, 1.82) is 0 Å². The number of aromatic nitrogens is 3. The summed E-state index contributed by atoms with van der Waals surface area (Å²) in [5.74, 6) is 0.285. The molecule has 1 amide bonds. The van der Waals surface area contributed by atoms with Crippen molar-refractivity contribution in [3.05, 3.63) is 48.8 Å². The highest BCUT2D eigenvalue weighted by Crippen LogP contribution is 2.18. The fraction of sp³-hybridized carbons (Fsp3) is 0.353. The summed E-state index contributed by atoms with van der Waals surface area (Å²) in [6.07, 6.45) is 10.7. The van der Waals surface area contributed by atoms with Crippen LogP contribution in [0.5, 0.6) is 0 Å². The van der Waals surface area contributed by atoms with Crippen LogP contribution in [0.1, 0.15) is 19.3 Å². The second-order valence-corrected chi connectivity index (χ2v) is 5.45. The molecular formula is C17H20N4O. The van der Waals surface area contributed by atoms with E-state index in [-0.39, 0.29) is 11.8 Å². The van der Waals surface area contributed by atoms with E-state index in [1.54, 1.807) is 6.20 Å². The highest BCUT2D eigenvalue weighted by atomic mass is 16.1. The molecule has 5 heteroatoms. The lowest BCUT2D eigenvalue weighted by molar-refractivity contribution is -0.125. The number of hydrogen-bond acceptors (Lipinski definition) is 3. The van der Waals surface area contributed by atoms with Crippen molar-refractivity contribution in [1.82, 2.24) is 20.1 Å². The molecule has 0 spiro atoms. The summed E-state index contributed by atoms with van der Waals surface area (Å²) in [6.45, 7) is 1.27. The first-order valence-electron chi connectivity index (χ1n) is 7.70. The smallest absolute Gasteiger partial charge is 0.223 e. The van der Waals surface area contributed by atoms with Crippen molar-refractivity contribution in [2.75, 3.05) is 6.54 Å². The first-order chi connectivity index (χ1) is 10.8. The number of allylic oxidation sites excluding steroid dienone is 2. The molecule has 0 aromatic carbocycles. The first kappa shape index (κ1) is 14.5. The van der Waals surface area contributed by atoms with Gasteiger partial charge < -0.3 is 5.32 Å².